The van der Waals surface area contributed by atoms with Crippen LogP contribution in [0.5, 0.6) is 0 Å². The van der Waals surface area contributed by atoms with E-state index < -0.39 is 28.4 Å². The Labute approximate surface area is 88.5 Å². The number of aromatic amines is 1. The molecule has 2 unspecified atom stereocenters. The maximum absolute atomic E-state index is 11.0. The fourth-order valence-corrected chi connectivity index (χ4v) is 1.05. The van der Waals surface area contributed by atoms with Crippen LogP contribution in [0.15, 0.2) is 17.1 Å². The number of hydrogen-bond acceptors (Lipinski definition) is 6. The fourth-order valence-electron chi connectivity index (χ4n) is 1.05. The lowest BCUT2D eigenvalue weighted by molar-refractivity contribution is -0.386. The van der Waals surface area contributed by atoms with Gasteiger partial charge in [-0.1, -0.05) is 0 Å². The van der Waals surface area contributed by atoms with Crippen molar-refractivity contribution in [1.29, 1.82) is 5.26 Å². The molecule has 0 amide bonds. The van der Waals surface area contributed by atoms with Crippen molar-refractivity contribution in [3.8, 4) is 6.07 Å². The fraction of sp³-hybridized carbons (Fsp3) is 0.250. The van der Waals surface area contributed by atoms with Crippen LogP contribution in [-0.4, -0.2) is 26.2 Å². The van der Waals surface area contributed by atoms with Crippen molar-refractivity contribution >= 4 is 5.69 Å². The zero-order chi connectivity index (χ0) is 12.3. The molecule has 0 fully saturated rings. The highest BCUT2D eigenvalue weighted by Gasteiger charge is 2.21. The Kier molecular flexibility index (Phi) is 3.34. The zero-order valence-corrected chi connectivity index (χ0v) is 7.82. The molecule has 2 atom stereocenters. The van der Waals surface area contributed by atoms with Crippen LogP contribution in [0.4, 0.5) is 5.69 Å². The third-order valence-electron chi connectivity index (χ3n) is 1.88. The smallest absolute Gasteiger partial charge is 0.334 e. The van der Waals surface area contributed by atoms with Crippen LogP contribution in [0.3, 0.4) is 0 Å². The highest BCUT2D eigenvalue weighted by Crippen LogP contribution is 2.17. The first-order valence-corrected chi connectivity index (χ1v) is 4.10. The Morgan fingerprint density at radius 3 is 2.69 bits per heavy atom. The number of H-pyrrole nitrogens is 1. The van der Waals surface area contributed by atoms with Crippen molar-refractivity contribution in [3.05, 3.63) is 38.3 Å². The van der Waals surface area contributed by atoms with E-state index >= 15 is 0 Å². The van der Waals surface area contributed by atoms with Crippen LogP contribution in [0, 0.1) is 21.4 Å². The lowest BCUT2D eigenvalue weighted by Gasteiger charge is -2.10. The van der Waals surface area contributed by atoms with Gasteiger partial charge in [0.05, 0.1) is 11.0 Å². The number of aliphatic hydroxyl groups excluding tert-OH is 2. The number of nitriles is 1. The summed E-state index contributed by atoms with van der Waals surface area (Å²) in [5, 5.41) is 37.1. The summed E-state index contributed by atoms with van der Waals surface area (Å²) in [6.07, 6.45) is -2.33. The van der Waals surface area contributed by atoms with Gasteiger partial charge in [-0.25, -0.2) is 0 Å². The number of aromatic nitrogens is 1. The second kappa shape index (κ2) is 4.52. The van der Waals surface area contributed by atoms with Crippen LogP contribution in [0.2, 0.25) is 0 Å². The number of nitro groups is 1. The number of pyridine rings is 1. The Hall–Kier alpha value is -2.24. The molecular weight excluding hydrogens is 218 g/mol. The zero-order valence-electron chi connectivity index (χ0n) is 7.82. The molecule has 1 aromatic heterocycles. The summed E-state index contributed by atoms with van der Waals surface area (Å²) in [4.78, 5) is 22.5. The van der Waals surface area contributed by atoms with E-state index in [0.717, 1.165) is 12.3 Å². The number of aliphatic hydroxyl groups is 2. The first kappa shape index (κ1) is 11.8. The predicted octanol–water partition coefficient (Wildman–Crippen LogP) is -0.799. The molecule has 0 aliphatic heterocycles. The quantitative estimate of drug-likeness (QED) is 0.349. The molecule has 1 heterocycles. The van der Waals surface area contributed by atoms with E-state index in [2.05, 4.69) is 0 Å². The summed E-state index contributed by atoms with van der Waals surface area (Å²) in [6.45, 7) is 0. The van der Waals surface area contributed by atoms with Crippen molar-refractivity contribution in [2.45, 2.75) is 12.2 Å². The summed E-state index contributed by atoms with van der Waals surface area (Å²) in [5.74, 6) is 0. The van der Waals surface area contributed by atoms with Gasteiger partial charge in [0.25, 0.3) is 0 Å². The topological polar surface area (TPSA) is 140 Å². The van der Waals surface area contributed by atoms with Gasteiger partial charge in [-0.05, 0) is 0 Å². The maximum Gasteiger partial charge on any atom is 0.334 e. The third kappa shape index (κ3) is 2.22. The minimum Gasteiger partial charge on any atom is -0.384 e. The van der Waals surface area contributed by atoms with Gasteiger partial charge in [-0.15, -0.1) is 0 Å². The van der Waals surface area contributed by atoms with Crippen molar-refractivity contribution in [2.24, 2.45) is 0 Å². The molecule has 0 bridgehead atoms. The number of nitrogens with one attached hydrogen (secondary N) is 1. The van der Waals surface area contributed by atoms with Crippen molar-refractivity contribution < 1.29 is 15.1 Å². The molecule has 8 heteroatoms. The van der Waals surface area contributed by atoms with Gasteiger partial charge in [0.2, 0.25) is 0 Å². The van der Waals surface area contributed by atoms with Crippen LogP contribution in [0.1, 0.15) is 11.7 Å². The average Bonchev–Trinajstić information content (AvgIpc) is 2.27. The van der Waals surface area contributed by atoms with Gasteiger partial charge in [0, 0.05) is 17.8 Å². The van der Waals surface area contributed by atoms with Crippen LogP contribution >= 0.6 is 0 Å². The molecule has 0 saturated heterocycles. The van der Waals surface area contributed by atoms with Gasteiger partial charge in [-0.2, -0.15) is 5.26 Å². The van der Waals surface area contributed by atoms with E-state index in [1.807, 2.05) is 4.98 Å². The molecule has 8 nitrogen and oxygen atoms in total. The van der Waals surface area contributed by atoms with Gasteiger partial charge in [0.15, 0.2) is 6.10 Å². The van der Waals surface area contributed by atoms with Crippen molar-refractivity contribution in [3.63, 3.8) is 0 Å². The second-order valence-corrected chi connectivity index (χ2v) is 2.92. The molecule has 0 aliphatic carbocycles. The Morgan fingerprint density at radius 1 is 1.56 bits per heavy atom. The molecule has 84 valence electrons. The average molecular weight is 225 g/mol. The maximum atomic E-state index is 11.0. The molecule has 3 N–H and O–H groups in total. The molecule has 0 spiro atoms. The minimum absolute atomic E-state index is 0.111. The summed E-state index contributed by atoms with van der Waals surface area (Å²) < 4.78 is 0. The second-order valence-electron chi connectivity index (χ2n) is 2.92. The molecule has 0 aliphatic rings. The minimum atomic E-state index is -1.72. The standard InChI is InChI=1S/C8H7N3O5/c9-2-6(12)7(13)4-1-5(11(15)16)8(14)10-3-4/h1,3,6-7,12-13H,(H,10,14). The van der Waals surface area contributed by atoms with E-state index in [-0.39, 0.29) is 5.56 Å². The highest BCUT2D eigenvalue weighted by atomic mass is 16.6. The van der Waals surface area contributed by atoms with Gasteiger partial charge in [0.1, 0.15) is 6.10 Å². The molecule has 0 radical (unpaired) electrons. The number of hydrogen-bond donors (Lipinski definition) is 3. The van der Waals surface area contributed by atoms with E-state index in [0.29, 0.717) is 0 Å². The molecular formula is C8H7N3O5. The summed E-state index contributed by atoms with van der Waals surface area (Å²) in [5.41, 5.74) is -1.80. The molecule has 16 heavy (non-hydrogen) atoms. The summed E-state index contributed by atoms with van der Waals surface area (Å²) in [7, 11) is 0. The first-order valence-electron chi connectivity index (χ1n) is 4.10. The first-order chi connectivity index (χ1) is 7.47. The van der Waals surface area contributed by atoms with E-state index in [1.165, 1.54) is 6.07 Å². The number of nitrogens with zero attached hydrogens (tertiary/aromatic N) is 2. The van der Waals surface area contributed by atoms with Crippen LogP contribution in [-0.2, 0) is 0 Å². The normalized spacial score (nSPS) is 13.8. The Morgan fingerprint density at radius 2 is 2.19 bits per heavy atom. The Balaban J connectivity index is 3.19. The van der Waals surface area contributed by atoms with E-state index in [9.17, 15) is 20.0 Å². The van der Waals surface area contributed by atoms with Crippen molar-refractivity contribution in [1.82, 2.24) is 4.98 Å². The lowest BCUT2D eigenvalue weighted by Crippen LogP contribution is -2.19. The SMILES string of the molecule is N#CC(O)C(O)c1c[nH]c(=O)c([N+](=O)[O-])c1. The highest BCUT2D eigenvalue weighted by molar-refractivity contribution is 5.32. The van der Waals surface area contributed by atoms with Gasteiger partial charge >= 0.3 is 11.2 Å². The third-order valence-corrected chi connectivity index (χ3v) is 1.88. The lowest BCUT2D eigenvalue weighted by atomic mass is 10.1. The van der Waals surface area contributed by atoms with E-state index in [1.54, 1.807) is 0 Å². The van der Waals surface area contributed by atoms with Crippen LogP contribution < -0.4 is 5.56 Å². The monoisotopic (exact) mass is 225 g/mol. The molecule has 0 saturated carbocycles. The predicted molar refractivity (Wildman–Crippen MR) is 50.3 cm³/mol. The molecule has 0 aromatic carbocycles. The number of rotatable bonds is 3. The van der Waals surface area contributed by atoms with Gasteiger partial charge in [-0.3, -0.25) is 14.9 Å². The molecule has 1 rings (SSSR count). The summed E-state index contributed by atoms with van der Waals surface area (Å²) >= 11 is 0. The van der Waals surface area contributed by atoms with Gasteiger partial charge < -0.3 is 15.2 Å². The Bertz CT molecular complexity index is 503. The molecule has 1 aromatic rings. The van der Waals surface area contributed by atoms with Crippen LogP contribution in [0.25, 0.3) is 0 Å². The van der Waals surface area contributed by atoms with Crippen molar-refractivity contribution in [2.75, 3.05) is 0 Å². The van der Waals surface area contributed by atoms with E-state index in [4.69, 9.17) is 10.4 Å². The largest absolute Gasteiger partial charge is 0.384 e. The summed E-state index contributed by atoms with van der Waals surface area (Å²) in [6, 6.07) is 2.18.